The molecule has 152 valence electrons. The molecule has 0 unspecified atom stereocenters. The van der Waals surface area contributed by atoms with E-state index in [2.05, 4.69) is 52.2 Å². The molecule has 0 bridgehead atoms. The molecule has 7 heteroatoms. The molecule has 1 amide bonds. The number of anilines is 2. The number of nitrogens with zero attached hydrogens (tertiary/aromatic N) is 1. The Hall–Kier alpha value is -3.03. The van der Waals surface area contributed by atoms with Gasteiger partial charge < -0.3 is 15.1 Å². The van der Waals surface area contributed by atoms with Gasteiger partial charge in [0.2, 0.25) is 0 Å². The molecule has 5 nitrogen and oxygen atoms in total. The minimum absolute atomic E-state index is 0.173. The zero-order valence-corrected chi connectivity index (χ0v) is 18.2. The Kier molecular flexibility index (Phi) is 6.21. The SMILES string of the molecule is CSc1ccc([C@H](Nc2ccccn2)c2cc(C)sc2NC(=O)c2ccco2)cc1. The van der Waals surface area contributed by atoms with Crippen LogP contribution in [0.5, 0.6) is 0 Å². The van der Waals surface area contributed by atoms with Gasteiger partial charge in [-0.15, -0.1) is 23.1 Å². The maximum absolute atomic E-state index is 12.6. The second kappa shape index (κ2) is 9.19. The number of nitrogens with one attached hydrogen (secondary N) is 2. The lowest BCUT2D eigenvalue weighted by atomic mass is 10.00. The normalized spacial score (nSPS) is 11.8. The van der Waals surface area contributed by atoms with E-state index in [0.717, 1.165) is 26.8 Å². The summed E-state index contributed by atoms with van der Waals surface area (Å²) in [5.74, 6) is 0.784. The number of thiophene rings is 1. The third-order valence-electron chi connectivity index (χ3n) is 4.57. The van der Waals surface area contributed by atoms with Crippen LogP contribution in [0, 0.1) is 6.92 Å². The van der Waals surface area contributed by atoms with Crippen LogP contribution in [0.3, 0.4) is 0 Å². The fraction of sp³-hybridized carbons (Fsp3) is 0.130. The molecule has 3 heterocycles. The van der Waals surface area contributed by atoms with Gasteiger partial charge in [-0.3, -0.25) is 4.79 Å². The minimum Gasteiger partial charge on any atom is -0.459 e. The summed E-state index contributed by atoms with van der Waals surface area (Å²) in [6.45, 7) is 2.03. The highest BCUT2D eigenvalue weighted by Crippen LogP contribution is 2.38. The average molecular weight is 436 g/mol. The summed E-state index contributed by atoms with van der Waals surface area (Å²) in [5, 5.41) is 7.33. The first-order valence-electron chi connectivity index (χ1n) is 9.41. The number of rotatable bonds is 7. The van der Waals surface area contributed by atoms with Gasteiger partial charge >= 0.3 is 0 Å². The minimum atomic E-state index is -0.266. The summed E-state index contributed by atoms with van der Waals surface area (Å²) in [7, 11) is 0. The lowest BCUT2D eigenvalue weighted by molar-refractivity contribution is 0.0997. The van der Waals surface area contributed by atoms with Crippen molar-refractivity contribution in [3.8, 4) is 0 Å². The van der Waals surface area contributed by atoms with Gasteiger partial charge in [0, 0.05) is 21.5 Å². The molecule has 3 aromatic heterocycles. The number of amides is 1. The van der Waals surface area contributed by atoms with Crippen LogP contribution in [0.1, 0.15) is 32.6 Å². The second-order valence-corrected chi connectivity index (χ2v) is 8.77. The fourth-order valence-electron chi connectivity index (χ4n) is 3.15. The van der Waals surface area contributed by atoms with Crippen molar-refractivity contribution >= 4 is 39.8 Å². The Morgan fingerprint density at radius 1 is 1.13 bits per heavy atom. The van der Waals surface area contributed by atoms with E-state index < -0.39 is 0 Å². The molecule has 0 aliphatic heterocycles. The molecule has 2 N–H and O–H groups in total. The first-order valence-corrected chi connectivity index (χ1v) is 11.4. The number of thioether (sulfide) groups is 1. The number of carbonyl (C=O) groups is 1. The Morgan fingerprint density at radius 2 is 1.97 bits per heavy atom. The molecule has 1 aromatic carbocycles. The molecule has 0 aliphatic carbocycles. The van der Waals surface area contributed by atoms with Gasteiger partial charge in [0.25, 0.3) is 5.91 Å². The summed E-state index contributed by atoms with van der Waals surface area (Å²) in [5.41, 5.74) is 2.07. The number of aromatic nitrogens is 1. The van der Waals surface area contributed by atoms with Crippen molar-refractivity contribution in [2.24, 2.45) is 0 Å². The van der Waals surface area contributed by atoms with Crippen molar-refractivity contribution in [3.05, 3.63) is 94.9 Å². The van der Waals surface area contributed by atoms with Crippen LogP contribution < -0.4 is 10.6 Å². The first-order chi connectivity index (χ1) is 14.6. The smallest absolute Gasteiger partial charge is 0.291 e. The maximum Gasteiger partial charge on any atom is 0.291 e. The van der Waals surface area contributed by atoms with Crippen LogP contribution >= 0.6 is 23.1 Å². The molecule has 0 radical (unpaired) electrons. The van der Waals surface area contributed by atoms with Crippen molar-refractivity contribution in [2.75, 3.05) is 16.9 Å². The molecule has 0 saturated heterocycles. The fourth-order valence-corrected chi connectivity index (χ4v) is 4.51. The van der Waals surface area contributed by atoms with Gasteiger partial charge in [-0.2, -0.15) is 0 Å². The van der Waals surface area contributed by atoms with E-state index in [4.69, 9.17) is 4.42 Å². The van der Waals surface area contributed by atoms with Crippen LogP contribution in [0.25, 0.3) is 0 Å². The van der Waals surface area contributed by atoms with Crippen LogP contribution in [0.2, 0.25) is 0 Å². The molecular weight excluding hydrogens is 414 g/mol. The third-order valence-corrected chi connectivity index (χ3v) is 6.30. The maximum atomic E-state index is 12.6. The van der Waals surface area contributed by atoms with E-state index in [1.54, 1.807) is 41.4 Å². The van der Waals surface area contributed by atoms with Gasteiger partial charge in [-0.05, 0) is 61.2 Å². The van der Waals surface area contributed by atoms with Gasteiger partial charge in [0.15, 0.2) is 5.76 Å². The molecule has 0 aliphatic rings. The van der Waals surface area contributed by atoms with E-state index >= 15 is 0 Å². The summed E-state index contributed by atoms with van der Waals surface area (Å²) >= 11 is 3.25. The third kappa shape index (κ3) is 4.58. The van der Waals surface area contributed by atoms with E-state index in [0.29, 0.717) is 0 Å². The van der Waals surface area contributed by atoms with Crippen LogP contribution in [0.4, 0.5) is 10.8 Å². The number of furan rings is 1. The number of hydrogen-bond acceptors (Lipinski definition) is 6. The Bertz CT molecular complexity index is 1110. The number of hydrogen-bond donors (Lipinski definition) is 2. The molecule has 4 rings (SSSR count). The van der Waals surface area contributed by atoms with Crippen molar-refractivity contribution in [3.63, 3.8) is 0 Å². The molecule has 30 heavy (non-hydrogen) atoms. The van der Waals surface area contributed by atoms with Crippen molar-refractivity contribution in [1.29, 1.82) is 0 Å². The van der Waals surface area contributed by atoms with E-state index in [1.807, 2.05) is 25.1 Å². The highest BCUT2D eigenvalue weighted by atomic mass is 32.2. The van der Waals surface area contributed by atoms with Crippen LogP contribution in [-0.2, 0) is 0 Å². The Labute approximate surface area is 183 Å². The van der Waals surface area contributed by atoms with Gasteiger partial charge in [0.05, 0.1) is 12.3 Å². The largest absolute Gasteiger partial charge is 0.459 e. The number of benzene rings is 1. The highest BCUT2D eigenvalue weighted by molar-refractivity contribution is 7.98. The topological polar surface area (TPSA) is 67.2 Å². The van der Waals surface area contributed by atoms with Gasteiger partial charge in [-0.25, -0.2) is 4.98 Å². The number of pyridine rings is 1. The molecule has 4 aromatic rings. The summed E-state index contributed by atoms with van der Waals surface area (Å²) in [6.07, 6.45) is 5.31. The Balaban J connectivity index is 1.71. The van der Waals surface area contributed by atoms with E-state index in [9.17, 15) is 4.79 Å². The zero-order valence-electron chi connectivity index (χ0n) is 16.6. The molecule has 0 spiro atoms. The van der Waals surface area contributed by atoms with Gasteiger partial charge in [0.1, 0.15) is 10.8 Å². The van der Waals surface area contributed by atoms with E-state index in [-0.39, 0.29) is 17.7 Å². The predicted octanol–water partition coefficient (Wildman–Crippen LogP) is 6.22. The second-order valence-electron chi connectivity index (χ2n) is 6.64. The average Bonchev–Trinajstić information content (AvgIpc) is 3.43. The van der Waals surface area contributed by atoms with Crippen molar-refractivity contribution in [2.45, 2.75) is 17.9 Å². The zero-order chi connectivity index (χ0) is 20.9. The standard InChI is InChI=1S/C23H21N3O2S2/c1-15-14-18(23(30-15)26-22(27)19-6-5-13-28-19)21(25-20-7-3-4-12-24-20)16-8-10-17(29-2)11-9-16/h3-14,21H,1-2H3,(H,24,25)(H,26,27)/t21-/m0/s1. The van der Waals surface area contributed by atoms with Crippen molar-refractivity contribution in [1.82, 2.24) is 4.98 Å². The molecular formula is C23H21N3O2S2. The summed E-state index contributed by atoms with van der Waals surface area (Å²) in [4.78, 5) is 19.3. The lowest BCUT2D eigenvalue weighted by Gasteiger charge is -2.21. The first kappa shape index (κ1) is 20.3. The highest BCUT2D eigenvalue weighted by Gasteiger charge is 2.22. The van der Waals surface area contributed by atoms with Gasteiger partial charge in [-0.1, -0.05) is 18.2 Å². The Morgan fingerprint density at radius 3 is 2.63 bits per heavy atom. The quantitative estimate of drug-likeness (QED) is 0.337. The monoisotopic (exact) mass is 435 g/mol. The lowest BCUT2D eigenvalue weighted by Crippen LogP contribution is -2.16. The predicted molar refractivity (Wildman–Crippen MR) is 124 cm³/mol. The molecule has 0 saturated carbocycles. The van der Waals surface area contributed by atoms with E-state index in [1.165, 1.54) is 11.2 Å². The summed E-state index contributed by atoms with van der Waals surface area (Å²) in [6, 6.07) is 19.5. The van der Waals surface area contributed by atoms with Crippen LogP contribution in [0.15, 0.2) is 82.4 Å². The molecule has 1 atom stereocenters. The summed E-state index contributed by atoms with van der Waals surface area (Å²) < 4.78 is 5.25. The number of carbonyl (C=O) groups excluding carboxylic acids is 1. The number of aryl methyl sites for hydroxylation is 1. The molecule has 0 fully saturated rings. The van der Waals surface area contributed by atoms with Crippen molar-refractivity contribution < 1.29 is 9.21 Å². The van der Waals surface area contributed by atoms with Crippen LogP contribution in [-0.4, -0.2) is 17.1 Å².